The molecule has 0 bridgehead atoms. The Labute approximate surface area is 114 Å². The molecule has 0 fully saturated rings. The van der Waals surface area contributed by atoms with Crippen molar-refractivity contribution in [3.05, 3.63) is 34.7 Å². The van der Waals surface area contributed by atoms with Gasteiger partial charge < -0.3 is 4.90 Å². The van der Waals surface area contributed by atoms with Crippen LogP contribution >= 0.6 is 11.3 Å². The van der Waals surface area contributed by atoms with E-state index in [1.807, 2.05) is 32.8 Å². The fourth-order valence-corrected chi connectivity index (χ4v) is 2.55. The largest absolute Gasteiger partial charge is 0.354 e. The monoisotopic (exact) mass is 262 g/mol. The number of anilines is 1. The van der Waals surface area contributed by atoms with Crippen LogP contribution in [0.15, 0.2) is 23.6 Å². The molecule has 0 aliphatic heterocycles. The van der Waals surface area contributed by atoms with Crippen molar-refractivity contribution in [2.24, 2.45) is 0 Å². The minimum absolute atomic E-state index is 1.05. The van der Waals surface area contributed by atoms with Crippen molar-refractivity contribution >= 4 is 16.5 Å². The average molecular weight is 262 g/mol. The predicted octanol–water partition coefficient (Wildman–Crippen LogP) is 4.52. The fraction of sp³-hybridized carbons (Fsp3) is 0.400. The van der Waals surface area contributed by atoms with Crippen LogP contribution in [0.25, 0.3) is 11.3 Å². The molecule has 0 saturated carbocycles. The number of hydrogen-bond donors (Lipinski definition) is 0. The van der Waals surface area contributed by atoms with Crippen LogP contribution in [-0.4, -0.2) is 19.1 Å². The van der Waals surface area contributed by atoms with Gasteiger partial charge in [-0.25, -0.2) is 4.98 Å². The van der Waals surface area contributed by atoms with E-state index in [-0.39, 0.29) is 0 Å². The van der Waals surface area contributed by atoms with Gasteiger partial charge in [0.1, 0.15) is 0 Å². The van der Waals surface area contributed by atoms with Gasteiger partial charge in [0.2, 0.25) is 0 Å². The van der Waals surface area contributed by atoms with Crippen LogP contribution in [-0.2, 0) is 0 Å². The third kappa shape index (κ3) is 3.10. The highest BCUT2D eigenvalue weighted by Crippen LogP contribution is 2.30. The predicted molar refractivity (Wildman–Crippen MR) is 82.7 cm³/mol. The minimum Gasteiger partial charge on any atom is -0.354 e. The zero-order valence-electron chi connectivity index (χ0n) is 12.1. The highest BCUT2D eigenvalue weighted by atomic mass is 32.1. The average Bonchev–Trinajstić information content (AvgIpc) is 2.81. The SMILES string of the molecule is CC.Cc1cccc(C)c1-c1csc(N(C)C)n1. The first-order valence-corrected chi connectivity index (χ1v) is 7.17. The first-order chi connectivity index (χ1) is 8.59. The molecule has 2 rings (SSSR count). The summed E-state index contributed by atoms with van der Waals surface area (Å²) in [5.74, 6) is 0. The Balaban J connectivity index is 0.000000771. The molecule has 1 aromatic carbocycles. The maximum atomic E-state index is 4.65. The van der Waals surface area contributed by atoms with E-state index >= 15 is 0 Å². The second kappa shape index (κ2) is 6.55. The summed E-state index contributed by atoms with van der Waals surface area (Å²) < 4.78 is 0. The van der Waals surface area contributed by atoms with Gasteiger partial charge in [0.05, 0.1) is 5.69 Å². The van der Waals surface area contributed by atoms with Crippen LogP contribution in [0.4, 0.5) is 5.13 Å². The van der Waals surface area contributed by atoms with Crippen molar-refractivity contribution in [3.8, 4) is 11.3 Å². The third-order valence-corrected chi connectivity index (χ3v) is 3.62. The summed E-state index contributed by atoms with van der Waals surface area (Å²) in [6.07, 6.45) is 0. The van der Waals surface area contributed by atoms with Crippen molar-refractivity contribution in [2.45, 2.75) is 27.7 Å². The van der Waals surface area contributed by atoms with E-state index in [2.05, 4.69) is 42.4 Å². The molecule has 2 nitrogen and oxygen atoms in total. The summed E-state index contributed by atoms with van der Waals surface area (Å²) in [6, 6.07) is 6.36. The Bertz CT molecular complexity index is 481. The van der Waals surface area contributed by atoms with E-state index in [9.17, 15) is 0 Å². The van der Waals surface area contributed by atoms with E-state index in [1.54, 1.807) is 11.3 Å². The molecule has 0 unspecified atom stereocenters. The van der Waals surface area contributed by atoms with Crippen LogP contribution < -0.4 is 4.90 Å². The Morgan fingerprint density at radius 2 is 1.61 bits per heavy atom. The Kier molecular flexibility index (Phi) is 5.35. The normalized spacial score (nSPS) is 9.67. The van der Waals surface area contributed by atoms with Crippen molar-refractivity contribution in [1.82, 2.24) is 4.98 Å². The number of benzene rings is 1. The molecular weight excluding hydrogens is 240 g/mol. The maximum Gasteiger partial charge on any atom is 0.185 e. The molecule has 0 spiro atoms. The first kappa shape index (κ1) is 14.7. The van der Waals surface area contributed by atoms with Gasteiger partial charge in [-0.05, 0) is 25.0 Å². The summed E-state index contributed by atoms with van der Waals surface area (Å²) >= 11 is 1.68. The molecule has 2 aromatic rings. The molecule has 0 atom stereocenters. The van der Waals surface area contributed by atoms with Crippen LogP contribution in [0.3, 0.4) is 0 Å². The minimum atomic E-state index is 1.05. The fourth-order valence-electron chi connectivity index (χ4n) is 1.80. The summed E-state index contributed by atoms with van der Waals surface area (Å²) in [5.41, 5.74) is 4.93. The summed E-state index contributed by atoms with van der Waals surface area (Å²) in [5, 5.41) is 3.18. The Hall–Kier alpha value is -1.35. The molecule has 0 aliphatic rings. The van der Waals surface area contributed by atoms with Gasteiger partial charge in [-0.2, -0.15) is 0 Å². The molecule has 3 heteroatoms. The number of aromatic nitrogens is 1. The highest BCUT2D eigenvalue weighted by molar-refractivity contribution is 7.14. The van der Waals surface area contributed by atoms with Gasteiger partial charge in [0.15, 0.2) is 5.13 Å². The van der Waals surface area contributed by atoms with Gasteiger partial charge in [-0.15, -0.1) is 11.3 Å². The smallest absolute Gasteiger partial charge is 0.185 e. The number of thiazole rings is 1. The maximum absolute atomic E-state index is 4.65. The molecule has 1 aromatic heterocycles. The number of nitrogens with zero attached hydrogens (tertiary/aromatic N) is 2. The van der Waals surface area contributed by atoms with Crippen molar-refractivity contribution in [2.75, 3.05) is 19.0 Å². The molecule has 0 saturated heterocycles. The number of aryl methyl sites for hydroxylation is 2. The first-order valence-electron chi connectivity index (χ1n) is 6.29. The van der Waals surface area contributed by atoms with Gasteiger partial charge in [-0.3, -0.25) is 0 Å². The van der Waals surface area contributed by atoms with E-state index < -0.39 is 0 Å². The van der Waals surface area contributed by atoms with Crippen LogP contribution in [0, 0.1) is 13.8 Å². The summed E-state index contributed by atoms with van der Waals surface area (Å²) in [7, 11) is 4.04. The van der Waals surface area contributed by atoms with Crippen LogP contribution in [0.5, 0.6) is 0 Å². The van der Waals surface area contributed by atoms with E-state index in [0.717, 1.165) is 10.8 Å². The van der Waals surface area contributed by atoms with Crippen LogP contribution in [0.1, 0.15) is 25.0 Å². The van der Waals surface area contributed by atoms with Crippen LogP contribution in [0.2, 0.25) is 0 Å². The zero-order chi connectivity index (χ0) is 13.7. The van der Waals surface area contributed by atoms with Crippen molar-refractivity contribution in [1.29, 1.82) is 0 Å². The lowest BCUT2D eigenvalue weighted by atomic mass is 10.0. The molecule has 1 heterocycles. The van der Waals surface area contributed by atoms with E-state index in [0.29, 0.717) is 0 Å². The lowest BCUT2D eigenvalue weighted by Crippen LogP contribution is -2.07. The number of hydrogen-bond acceptors (Lipinski definition) is 3. The lowest BCUT2D eigenvalue weighted by Gasteiger charge is -2.08. The standard InChI is InChI=1S/C13H16N2S.C2H6/c1-9-6-5-7-10(2)12(9)11-8-16-13(14-11)15(3)4;1-2/h5-8H,1-4H3;1-2H3. The Morgan fingerprint density at radius 1 is 1.06 bits per heavy atom. The molecule has 0 radical (unpaired) electrons. The summed E-state index contributed by atoms with van der Waals surface area (Å²) in [6.45, 7) is 8.27. The number of rotatable bonds is 2. The molecule has 0 N–H and O–H groups in total. The van der Waals surface area contributed by atoms with E-state index in [1.165, 1.54) is 16.7 Å². The highest BCUT2D eigenvalue weighted by Gasteiger charge is 2.10. The van der Waals surface area contributed by atoms with Gasteiger partial charge >= 0.3 is 0 Å². The third-order valence-electron chi connectivity index (χ3n) is 2.61. The lowest BCUT2D eigenvalue weighted by molar-refractivity contribution is 1.10. The Morgan fingerprint density at radius 3 is 2.06 bits per heavy atom. The molecular formula is C15H22N2S. The van der Waals surface area contributed by atoms with Gasteiger partial charge in [0, 0.05) is 25.0 Å². The second-order valence-corrected chi connectivity index (χ2v) is 5.01. The zero-order valence-corrected chi connectivity index (χ0v) is 12.9. The molecule has 0 amide bonds. The topological polar surface area (TPSA) is 16.1 Å². The van der Waals surface area contributed by atoms with Gasteiger partial charge in [0.25, 0.3) is 0 Å². The molecule has 18 heavy (non-hydrogen) atoms. The van der Waals surface area contributed by atoms with Crippen molar-refractivity contribution in [3.63, 3.8) is 0 Å². The van der Waals surface area contributed by atoms with E-state index in [4.69, 9.17) is 0 Å². The van der Waals surface area contributed by atoms with Crippen molar-refractivity contribution < 1.29 is 0 Å². The molecule has 98 valence electrons. The summed E-state index contributed by atoms with van der Waals surface area (Å²) in [4.78, 5) is 6.69. The quantitative estimate of drug-likeness (QED) is 0.791. The second-order valence-electron chi connectivity index (χ2n) is 4.18. The van der Waals surface area contributed by atoms with Gasteiger partial charge in [-0.1, -0.05) is 32.0 Å². The molecule has 0 aliphatic carbocycles.